The topological polar surface area (TPSA) is 44.8 Å². The molecule has 0 aliphatic carbocycles. The highest BCUT2D eigenvalue weighted by Gasteiger charge is 2.78. The molecule has 0 rings (SSSR count). The molecule has 0 atom stereocenters. The van der Waals surface area contributed by atoms with Crippen LogP contribution in [-0.4, -0.2) is 66.6 Å². The van der Waals surface area contributed by atoms with Crippen LogP contribution in [0.25, 0.3) is 0 Å². The van der Waals surface area contributed by atoms with E-state index in [1.54, 1.807) is 0 Å². The lowest BCUT2D eigenvalue weighted by atomic mass is 9.80. The average molecular weight is 2080 g/mol. The molecule has 0 radical (unpaired) electrons. The lowest BCUT2D eigenvalue weighted by molar-refractivity contribution is -0.0505. The SMILES string of the molecule is CC(C)(CBr)C(Br)(Br)C(Cl)(OP(=O)(OC(Cl)(C(Br)(Br)C(C)(C)CBr)C(Br)(Br)C(C)(C)CBr)OC(Cl)(C(Br)(Br)C(C)(C)CBr)C(Br)(Br)C(C)(C)CBr)C(Br)(Br)C(C)(C)CBr. The molecular weight excluding hydrogens is 2040 g/mol. The third kappa shape index (κ3) is 12.3. The number of phosphoric acid groups is 1. The van der Waals surface area contributed by atoms with Gasteiger partial charge in [0.15, 0.2) is 0 Å². The molecule has 0 saturated carbocycles. The second-order valence-corrected chi connectivity index (χ2v) is 45.1. The Kier molecular flexibility index (Phi) is 26.6. The van der Waals surface area contributed by atoms with Gasteiger partial charge in [0.25, 0.3) is 0 Å². The van der Waals surface area contributed by atoms with Crippen molar-refractivity contribution in [2.24, 2.45) is 32.5 Å². The predicted molar refractivity (Wildman–Crippen MR) is 326 cm³/mol. The highest BCUT2D eigenvalue weighted by molar-refractivity contribution is 9.28. The van der Waals surface area contributed by atoms with Crippen molar-refractivity contribution in [1.82, 2.24) is 0 Å². The van der Waals surface area contributed by atoms with Crippen LogP contribution in [-0.2, 0) is 18.1 Å². The predicted octanol–water partition coefficient (Wildman–Crippen LogP) is 22.4. The first-order valence-corrected chi connectivity index (χ1v) is 35.7. The molecule has 59 heavy (non-hydrogen) atoms. The summed E-state index contributed by atoms with van der Waals surface area (Å²) in [4.78, 5) is 0. The third-order valence-electron chi connectivity index (χ3n) is 10.2. The zero-order valence-corrected chi connectivity index (χ0v) is 65.5. The van der Waals surface area contributed by atoms with Gasteiger partial charge in [-0.2, -0.15) is 0 Å². The van der Waals surface area contributed by atoms with Crippen molar-refractivity contribution in [1.29, 1.82) is 0 Å². The van der Waals surface area contributed by atoms with Crippen LogP contribution in [0.3, 0.4) is 0 Å². The summed E-state index contributed by atoms with van der Waals surface area (Å²) in [5, 5.41) is -4.40. The van der Waals surface area contributed by atoms with Gasteiger partial charge in [-0.15, -0.1) is 0 Å². The number of alkyl halides is 21. The van der Waals surface area contributed by atoms with E-state index in [9.17, 15) is 0 Å². The fourth-order valence-corrected chi connectivity index (χ4v) is 26.7. The molecule has 0 spiro atoms. The van der Waals surface area contributed by atoms with Gasteiger partial charge >= 0.3 is 7.82 Å². The monoisotopic (exact) mass is 2060 g/mol. The van der Waals surface area contributed by atoms with Crippen LogP contribution in [0.1, 0.15) is 83.1 Å². The summed E-state index contributed by atoms with van der Waals surface area (Å²) in [6.45, 7) is 23.3. The number of hydrogen-bond donors (Lipinski definition) is 0. The van der Waals surface area contributed by atoms with Crippen LogP contribution in [0.15, 0.2) is 0 Å². The van der Waals surface area contributed by atoms with Crippen LogP contribution < -0.4 is 0 Å². The van der Waals surface area contributed by atoms with Gasteiger partial charge in [0.2, 0.25) is 15.2 Å². The molecule has 0 saturated heterocycles. The first-order chi connectivity index (χ1) is 25.5. The Bertz CT molecular complexity index is 1250. The molecule has 0 aromatic carbocycles. The molecule has 0 aliphatic heterocycles. The fraction of sp³-hybridized carbons (Fsp3) is 1.00. The Morgan fingerprint density at radius 1 is 0.322 bits per heavy atom. The van der Waals surface area contributed by atoms with Gasteiger partial charge in [-0.1, -0.05) is 405 Å². The maximum atomic E-state index is 17.2. The van der Waals surface area contributed by atoms with Crippen molar-refractivity contribution < 1.29 is 18.1 Å². The first kappa shape index (κ1) is 68.6. The molecule has 0 aliphatic rings. The van der Waals surface area contributed by atoms with E-state index < -0.39 is 74.9 Å². The second-order valence-electron chi connectivity index (χ2n) is 18.1. The van der Waals surface area contributed by atoms with Crippen molar-refractivity contribution in [3.05, 3.63) is 0 Å². The fourth-order valence-electron chi connectivity index (χ4n) is 4.57. The van der Waals surface area contributed by atoms with Gasteiger partial charge in [-0.25, -0.2) is 4.57 Å². The van der Waals surface area contributed by atoms with Gasteiger partial charge in [-0.05, 0) is 0 Å². The largest absolute Gasteiger partial charge is 0.480 e. The summed E-state index contributed by atoms with van der Waals surface area (Å²) in [5.41, 5.74) is -4.98. The number of halogens is 21. The number of phosphoric ester groups is 1. The van der Waals surface area contributed by atoms with Crippen molar-refractivity contribution in [2.45, 2.75) is 118 Å². The lowest BCUT2D eigenvalue weighted by Crippen LogP contribution is -2.68. The first-order valence-electron chi connectivity index (χ1n) is 16.9. The van der Waals surface area contributed by atoms with Crippen molar-refractivity contribution in [3.8, 4) is 0 Å². The highest BCUT2D eigenvalue weighted by Crippen LogP contribution is 2.79. The van der Waals surface area contributed by atoms with E-state index in [1.807, 2.05) is 83.1 Å². The van der Waals surface area contributed by atoms with Crippen LogP contribution in [0.4, 0.5) is 0 Å². The average Bonchev–Trinajstić information content (AvgIpc) is 3.09. The molecule has 0 N–H and O–H groups in total. The third-order valence-corrected chi connectivity index (χ3v) is 44.7. The van der Waals surface area contributed by atoms with Gasteiger partial charge in [0, 0.05) is 64.5 Å². The Labute approximate surface area is 520 Å². The summed E-state index contributed by atoms with van der Waals surface area (Å²) in [6, 6.07) is 0. The molecule has 0 unspecified atom stereocenters. The van der Waals surface area contributed by atoms with Gasteiger partial charge < -0.3 is 0 Å². The van der Waals surface area contributed by atoms with E-state index >= 15 is 4.57 Å². The minimum absolute atomic E-state index is 0.372. The van der Waals surface area contributed by atoms with E-state index in [4.69, 9.17) is 48.4 Å². The second kappa shape index (κ2) is 22.8. The molecule has 0 fully saturated rings. The molecule has 0 heterocycles. The Hall–Kier alpha value is 9.62. The lowest BCUT2D eigenvalue weighted by Gasteiger charge is -2.60. The summed E-state index contributed by atoms with van der Waals surface area (Å²) in [7, 11) is -5.49. The molecule has 4 nitrogen and oxygen atoms in total. The van der Waals surface area contributed by atoms with Crippen molar-refractivity contribution >= 4 is 329 Å². The maximum absolute atomic E-state index is 17.2. The van der Waals surface area contributed by atoms with E-state index in [1.165, 1.54) is 0 Å². The van der Waals surface area contributed by atoms with Crippen LogP contribution in [0, 0.1) is 32.5 Å². The molecule has 0 aromatic heterocycles. The summed E-state index contributed by atoms with van der Waals surface area (Å²) in [5.74, 6) is 0. The van der Waals surface area contributed by atoms with Gasteiger partial charge in [0.05, 0.1) is 0 Å². The maximum Gasteiger partial charge on any atom is 0.480 e. The zero-order chi connectivity index (χ0) is 48.4. The zero-order valence-electron chi connectivity index (χ0n) is 33.8. The molecule has 0 amide bonds. The van der Waals surface area contributed by atoms with Gasteiger partial charge in [-0.3, -0.25) is 13.6 Å². The summed E-state index contributed by atoms with van der Waals surface area (Å²) < 4.78 is 29.7. The van der Waals surface area contributed by atoms with E-state index in [-0.39, 0.29) is 0 Å². The van der Waals surface area contributed by atoms with Crippen LogP contribution in [0.5, 0.6) is 0 Å². The highest BCUT2D eigenvalue weighted by atomic mass is 79.9. The minimum Gasteiger partial charge on any atom is -0.259 e. The molecule has 0 aromatic rings. The van der Waals surface area contributed by atoms with E-state index in [0.29, 0.717) is 32.0 Å². The number of hydrogen-bond acceptors (Lipinski definition) is 4. The molecular formula is C33H48Br18Cl3O4P. The van der Waals surface area contributed by atoms with Crippen LogP contribution >= 0.6 is 329 Å². The van der Waals surface area contributed by atoms with Crippen LogP contribution in [0.2, 0.25) is 0 Å². The Morgan fingerprint density at radius 3 is 0.508 bits per heavy atom. The summed E-state index contributed by atoms with van der Waals surface area (Å²) in [6.07, 6.45) is 0. The normalized spacial score (nSPS) is 16.6. The Balaban J connectivity index is 9.73. The molecule has 0 bridgehead atoms. The standard InChI is InChI=1S/C33H48Br18Cl3O4P/c1-19(2,13-34)25(40,41)31(52,26(42,43)20(3,4)14-35)56-59(55,57-32(53,27(44,45)21(5,6)15-36)28(46,47)22(7,8)16-37)58-33(54,29(48,49)23(9,10)17-38)30(50,51)24(11,12)18-39/h13-18H2,1-12H3. The smallest absolute Gasteiger partial charge is 0.259 e. The van der Waals surface area contributed by atoms with Gasteiger partial charge in [0.1, 0.15) is 19.4 Å². The molecule has 356 valence electrons. The number of rotatable bonds is 24. The minimum atomic E-state index is -5.49. The van der Waals surface area contributed by atoms with E-state index in [0.717, 1.165) is 0 Å². The van der Waals surface area contributed by atoms with E-state index in [2.05, 4.69) is 287 Å². The van der Waals surface area contributed by atoms with Crippen molar-refractivity contribution in [2.75, 3.05) is 32.0 Å². The quantitative estimate of drug-likeness (QED) is 0.0714. The molecule has 26 heteroatoms. The van der Waals surface area contributed by atoms with Crippen molar-refractivity contribution in [3.63, 3.8) is 0 Å². The summed E-state index contributed by atoms with van der Waals surface area (Å²) >= 11 is 93.8. The Morgan fingerprint density at radius 2 is 0.424 bits per heavy atom.